The Balaban J connectivity index is 2.35. The molecule has 0 aromatic carbocycles. The molecule has 1 fully saturated rings. The van der Waals surface area contributed by atoms with Crippen LogP contribution in [0.5, 0.6) is 0 Å². The van der Waals surface area contributed by atoms with Crippen LogP contribution in [-0.2, 0) is 9.53 Å². The van der Waals surface area contributed by atoms with Crippen molar-refractivity contribution in [2.75, 3.05) is 13.1 Å². The zero-order chi connectivity index (χ0) is 13.1. The van der Waals surface area contributed by atoms with E-state index in [4.69, 9.17) is 9.84 Å². The van der Waals surface area contributed by atoms with Gasteiger partial charge in [-0.1, -0.05) is 0 Å². The van der Waals surface area contributed by atoms with E-state index >= 15 is 0 Å². The maximum absolute atomic E-state index is 11.4. The van der Waals surface area contributed by atoms with Crippen molar-refractivity contribution in [3.05, 3.63) is 0 Å². The van der Waals surface area contributed by atoms with Crippen molar-refractivity contribution in [3.8, 4) is 0 Å². The lowest BCUT2D eigenvalue weighted by Gasteiger charge is -2.21. The zero-order valence-corrected chi connectivity index (χ0v) is 10.4. The molecule has 0 aromatic rings. The molecule has 0 spiro atoms. The Morgan fingerprint density at radius 1 is 1.47 bits per heavy atom. The third-order valence-corrected chi connectivity index (χ3v) is 2.52. The molecule has 1 rings (SSSR count). The van der Waals surface area contributed by atoms with Gasteiger partial charge in [-0.05, 0) is 33.7 Å². The van der Waals surface area contributed by atoms with Gasteiger partial charge in [-0.2, -0.15) is 0 Å². The van der Waals surface area contributed by atoms with Crippen LogP contribution in [0, 0.1) is 5.92 Å². The number of alkyl carbamates (subject to hydrolysis) is 1. The minimum absolute atomic E-state index is 0.0833. The topological polar surface area (TPSA) is 87.7 Å². The number of aliphatic carboxylic acids is 1. The Bertz CT molecular complexity index is 298. The number of hydrogen-bond donors (Lipinski definition) is 3. The van der Waals surface area contributed by atoms with E-state index in [1.807, 2.05) is 0 Å². The number of rotatable bonds is 3. The molecule has 17 heavy (non-hydrogen) atoms. The predicted octanol–water partition coefficient (Wildman–Crippen LogP) is 0.574. The maximum Gasteiger partial charge on any atom is 0.407 e. The fraction of sp³-hybridized carbons (Fsp3) is 0.818. The van der Waals surface area contributed by atoms with Crippen LogP contribution in [0.4, 0.5) is 4.79 Å². The highest BCUT2D eigenvalue weighted by Crippen LogP contribution is 2.15. The average Bonchev–Trinajstić information content (AvgIpc) is 2.59. The quantitative estimate of drug-likeness (QED) is 0.675. The average molecular weight is 244 g/mol. The molecule has 0 bridgehead atoms. The first-order chi connectivity index (χ1) is 7.79. The Morgan fingerprint density at radius 3 is 2.65 bits per heavy atom. The summed E-state index contributed by atoms with van der Waals surface area (Å²) in [6, 6.07) is -0.579. The molecule has 2 atom stereocenters. The van der Waals surface area contributed by atoms with E-state index in [9.17, 15) is 9.59 Å². The molecule has 1 heterocycles. The Labute approximate surface area is 101 Å². The molecule has 1 aliphatic heterocycles. The van der Waals surface area contributed by atoms with Gasteiger partial charge >= 0.3 is 12.1 Å². The summed E-state index contributed by atoms with van der Waals surface area (Å²) < 4.78 is 5.08. The predicted molar refractivity (Wildman–Crippen MR) is 61.8 cm³/mol. The van der Waals surface area contributed by atoms with Crippen molar-refractivity contribution in [1.29, 1.82) is 0 Å². The van der Waals surface area contributed by atoms with Gasteiger partial charge in [0.05, 0.1) is 0 Å². The smallest absolute Gasteiger partial charge is 0.407 e. The Hall–Kier alpha value is -1.30. The van der Waals surface area contributed by atoms with Crippen LogP contribution in [-0.4, -0.2) is 41.9 Å². The lowest BCUT2D eigenvalue weighted by molar-refractivity contribution is -0.140. The van der Waals surface area contributed by atoms with Gasteiger partial charge in [0.1, 0.15) is 11.6 Å². The van der Waals surface area contributed by atoms with E-state index in [1.165, 1.54) is 0 Å². The Kier molecular flexibility index (Phi) is 4.34. The minimum atomic E-state index is -0.876. The van der Waals surface area contributed by atoms with Gasteiger partial charge in [0.15, 0.2) is 0 Å². The van der Waals surface area contributed by atoms with Crippen molar-refractivity contribution in [2.45, 2.75) is 38.8 Å². The van der Waals surface area contributed by atoms with Crippen molar-refractivity contribution in [3.63, 3.8) is 0 Å². The molecule has 3 N–H and O–H groups in total. The fourth-order valence-corrected chi connectivity index (χ4v) is 1.80. The van der Waals surface area contributed by atoms with Crippen molar-refractivity contribution in [1.82, 2.24) is 10.6 Å². The standard InChI is InChI=1S/C11H20N2O4/c1-11(2,3)17-10(16)13-6-7-4-5-12-8(7)9(14)15/h7-8,12H,4-6H2,1-3H3,(H,13,16)(H,14,15)/t7-,8+/m1/s1. The van der Waals surface area contributed by atoms with E-state index in [1.54, 1.807) is 20.8 Å². The van der Waals surface area contributed by atoms with Crippen molar-refractivity contribution in [2.24, 2.45) is 5.92 Å². The second-order valence-electron chi connectivity index (χ2n) is 5.20. The number of amides is 1. The van der Waals surface area contributed by atoms with Gasteiger partial charge in [-0.25, -0.2) is 4.79 Å². The van der Waals surface area contributed by atoms with E-state index < -0.39 is 23.7 Å². The van der Waals surface area contributed by atoms with Crippen LogP contribution in [0.1, 0.15) is 27.2 Å². The monoisotopic (exact) mass is 244 g/mol. The summed E-state index contributed by atoms with van der Waals surface area (Å²) in [5.41, 5.74) is -0.537. The fourth-order valence-electron chi connectivity index (χ4n) is 1.80. The SMILES string of the molecule is CC(C)(C)OC(=O)NC[C@H]1CCN[C@@H]1C(=O)O. The van der Waals surface area contributed by atoms with Crippen LogP contribution in [0.3, 0.4) is 0 Å². The second-order valence-corrected chi connectivity index (χ2v) is 5.20. The van der Waals surface area contributed by atoms with Gasteiger partial charge in [-0.3, -0.25) is 4.79 Å². The third-order valence-electron chi connectivity index (χ3n) is 2.52. The van der Waals surface area contributed by atoms with Gasteiger partial charge in [0.25, 0.3) is 0 Å². The first-order valence-corrected chi connectivity index (χ1v) is 5.72. The summed E-state index contributed by atoms with van der Waals surface area (Å²) in [7, 11) is 0. The first kappa shape index (κ1) is 13.8. The molecule has 0 saturated carbocycles. The third kappa shape index (κ3) is 4.60. The molecular formula is C11H20N2O4. The summed E-state index contributed by atoms with van der Waals surface area (Å²) in [6.07, 6.45) is 0.237. The number of ether oxygens (including phenoxy) is 1. The molecule has 0 unspecified atom stereocenters. The van der Waals surface area contributed by atoms with Gasteiger partial charge in [0.2, 0.25) is 0 Å². The van der Waals surface area contributed by atoms with Crippen LogP contribution in [0.15, 0.2) is 0 Å². The maximum atomic E-state index is 11.4. The molecule has 0 aliphatic carbocycles. The number of carboxylic acid groups (broad SMARTS) is 1. The summed E-state index contributed by atoms with van der Waals surface area (Å²) in [5, 5.41) is 14.4. The molecule has 1 saturated heterocycles. The lowest BCUT2D eigenvalue weighted by Crippen LogP contribution is -2.42. The first-order valence-electron chi connectivity index (χ1n) is 5.72. The minimum Gasteiger partial charge on any atom is -0.480 e. The van der Waals surface area contributed by atoms with Gasteiger partial charge < -0.3 is 20.5 Å². The molecule has 0 radical (unpaired) electrons. The summed E-state index contributed by atoms with van der Waals surface area (Å²) in [5.74, 6) is -0.960. The van der Waals surface area contributed by atoms with Crippen LogP contribution >= 0.6 is 0 Å². The number of carbonyl (C=O) groups is 2. The van der Waals surface area contributed by atoms with Crippen LogP contribution in [0.25, 0.3) is 0 Å². The second kappa shape index (κ2) is 5.35. The van der Waals surface area contributed by atoms with Crippen molar-refractivity contribution >= 4 is 12.1 Å². The summed E-state index contributed by atoms with van der Waals surface area (Å²) in [4.78, 5) is 22.3. The highest BCUT2D eigenvalue weighted by molar-refractivity contribution is 5.74. The van der Waals surface area contributed by atoms with E-state index in [-0.39, 0.29) is 5.92 Å². The number of carboxylic acids is 1. The van der Waals surface area contributed by atoms with Crippen LogP contribution < -0.4 is 10.6 Å². The van der Waals surface area contributed by atoms with E-state index in [0.29, 0.717) is 13.1 Å². The van der Waals surface area contributed by atoms with Crippen molar-refractivity contribution < 1.29 is 19.4 Å². The van der Waals surface area contributed by atoms with E-state index in [2.05, 4.69) is 10.6 Å². The summed E-state index contributed by atoms with van der Waals surface area (Å²) >= 11 is 0. The van der Waals surface area contributed by atoms with Crippen LogP contribution in [0.2, 0.25) is 0 Å². The highest BCUT2D eigenvalue weighted by atomic mass is 16.6. The summed E-state index contributed by atoms with van der Waals surface area (Å²) in [6.45, 7) is 6.33. The lowest BCUT2D eigenvalue weighted by atomic mass is 10.0. The molecular weight excluding hydrogens is 224 g/mol. The molecule has 0 aromatic heterocycles. The molecule has 6 heteroatoms. The number of nitrogens with one attached hydrogen (secondary N) is 2. The number of carbonyl (C=O) groups excluding carboxylic acids is 1. The molecule has 1 amide bonds. The molecule has 1 aliphatic rings. The molecule has 98 valence electrons. The normalized spacial score (nSPS) is 24.4. The molecule has 6 nitrogen and oxygen atoms in total. The van der Waals surface area contributed by atoms with Gasteiger partial charge in [-0.15, -0.1) is 0 Å². The van der Waals surface area contributed by atoms with Gasteiger partial charge in [0, 0.05) is 12.5 Å². The number of hydrogen-bond acceptors (Lipinski definition) is 4. The largest absolute Gasteiger partial charge is 0.480 e. The zero-order valence-electron chi connectivity index (χ0n) is 10.4. The Morgan fingerprint density at radius 2 is 2.12 bits per heavy atom. The van der Waals surface area contributed by atoms with E-state index in [0.717, 1.165) is 6.42 Å². The highest BCUT2D eigenvalue weighted by Gasteiger charge is 2.32.